The number of hydrogen-bond donors (Lipinski definition) is 2. The maximum atomic E-state index is 5.31. The second-order valence-corrected chi connectivity index (χ2v) is 4.32. The highest BCUT2D eigenvalue weighted by Gasteiger charge is 2.11. The molecule has 0 spiro atoms. The minimum absolute atomic E-state index is 0.762. The molecule has 2 heterocycles. The van der Waals surface area contributed by atoms with Gasteiger partial charge in [0.25, 0.3) is 0 Å². The molecule has 18 heavy (non-hydrogen) atoms. The van der Waals surface area contributed by atoms with Crippen molar-refractivity contribution in [3.8, 4) is 0 Å². The van der Waals surface area contributed by atoms with Crippen LogP contribution >= 0.6 is 0 Å². The summed E-state index contributed by atoms with van der Waals surface area (Å²) < 4.78 is 5.31. The number of hydrazine groups is 1. The molecule has 0 bridgehead atoms. The average molecular weight is 251 g/mol. The molecule has 1 aromatic rings. The van der Waals surface area contributed by atoms with Gasteiger partial charge in [-0.25, -0.2) is 15.0 Å². The fraction of sp³-hybridized carbons (Fsp3) is 0.667. The molecule has 100 valence electrons. The molecular weight excluding hydrogens is 230 g/mol. The van der Waals surface area contributed by atoms with Crippen molar-refractivity contribution in [3.63, 3.8) is 0 Å². The molecule has 1 aromatic heterocycles. The Morgan fingerprint density at radius 3 is 2.72 bits per heavy atom. The number of hydrogen-bond acceptors (Lipinski definition) is 6. The highest BCUT2D eigenvalue weighted by molar-refractivity contribution is 5.46. The van der Waals surface area contributed by atoms with E-state index in [0.717, 1.165) is 56.7 Å². The number of nitrogens with zero attached hydrogens (tertiary/aromatic N) is 3. The third-order valence-electron chi connectivity index (χ3n) is 2.68. The number of aryl methyl sites for hydroxylation is 1. The quantitative estimate of drug-likeness (QED) is 0.821. The molecule has 1 aliphatic rings. The normalized spacial score (nSPS) is 16.6. The van der Waals surface area contributed by atoms with E-state index in [2.05, 4.69) is 32.6 Å². The number of rotatable bonds is 5. The molecule has 1 aliphatic heterocycles. The molecule has 6 nitrogen and oxygen atoms in total. The largest absolute Gasteiger partial charge is 0.379 e. The third-order valence-corrected chi connectivity index (χ3v) is 2.68. The summed E-state index contributed by atoms with van der Waals surface area (Å²) in [6.45, 7) is 8.24. The van der Waals surface area contributed by atoms with E-state index in [1.54, 1.807) is 0 Å². The molecule has 0 aromatic carbocycles. The summed E-state index contributed by atoms with van der Waals surface area (Å²) in [7, 11) is 0. The lowest BCUT2D eigenvalue weighted by molar-refractivity contribution is 0.0495. The summed E-state index contributed by atoms with van der Waals surface area (Å²) in [5, 5.41) is 5.40. The summed E-state index contributed by atoms with van der Waals surface area (Å²) in [5.41, 5.74) is 3.30. The van der Waals surface area contributed by atoms with Gasteiger partial charge >= 0.3 is 0 Å². The predicted molar refractivity (Wildman–Crippen MR) is 71.6 cm³/mol. The first-order valence-electron chi connectivity index (χ1n) is 6.47. The van der Waals surface area contributed by atoms with E-state index in [1.165, 1.54) is 0 Å². The second kappa shape index (κ2) is 6.51. The standard InChI is InChI=1S/C12H21N5O/c1-3-4-13-11-9-12(15-10(2)14-11)16-17-5-7-18-8-6-17/h9H,3-8H2,1-2H3,(H2,13,14,15,16). The van der Waals surface area contributed by atoms with Crippen LogP contribution in [-0.4, -0.2) is 47.8 Å². The number of aromatic nitrogens is 2. The fourth-order valence-electron chi connectivity index (χ4n) is 1.81. The van der Waals surface area contributed by atoms with Crippen molar-refractivity contribution in [2.24, 2.45) is 0 Å². The van der Waals surface area contributed by atoms with E-state index in [0.29, 0.717) is 0 Å². The third kappa shape index (κ3) is 3.82. The van der Waals surface area contributed by atoms with Crippen molar-refractivity contribution >= 4 is 11.6 Å². The lowest BCUT2D eigenvalue weighted by Crippen LogP contribution is -2.40. The van der Waals surface area contributed by atoms with Crippen molar-refractivity contribution < 1.29 is 4.74 Å². The van der Waals surface area contributed by atoms with Gasteiger partial charge in [-0.15, -0.1) is 0 Å². The summed E-state index contributed by atoms with van der Waals surface area (Å²) >= 11 is 0. The van der Waals surface area contributed by atoms with Crippen LogP contribution in [0.5, 0.6) is 0 Å². The zero-order valence-electron chi connectivity index (χ0n) is 11.1. The maximum absolute atomic E-state index is 5.31. The first-order valence-corrected chi connectivity index (χ1v) is 6.47. The minimum atomic E-state index is 0.762. The highest BCUT2D eigenvalue weighted by Crippen LogP contribution is 2.12. The molecule has 1 saturated heterocycles. The van der Waals surface area contributed by atoms with E-state index < -0.39 is 0 Å². The Bertz CT molecular complexity index is 379. The smallest absolute Gasteiger partial charge is 0.146 e. The van der Waals surface area contributed by atoms with Crippen LogP contribution in [0.3, 0.4) is 0 Å². The van der Waals surface area contributed by atoms with Crippen LogP contribution in [0.15, 0.2) is 6.07 Å². The minimum Gasteiger partial charge on any atom is -0.379 e. The van der Waals surface area contributed by atoms with Gasteiger partial charge in [-0.05, 0) is 13.3 Å². The van der Waals surface area contributed by atoms with Crippen LogP contribution in [0, 0.1) is 6.92 Å². The van der Waals surface area contributed by atoms with Gasteiger partial charge in [-0.1, -0.05) is 6.92 Å². The molecule has 2 rings (SSSR count). The monoisotopic (exact) mass is 251 g/mol. The zero-order valence-corrected chi connectivity index (χ0v) is 11.1. The van der Waals surface area contributed by atoms with Crippen molar-refractivity contribution in [3.05, 3.63) is 11.9 Å². The van der Waals surface area contributed by atoms with Gasteiger partial charge in [-0.3, -0.25) is 0 Å². The topological polar surface area (TPSA) is 62.3 Å². The van der Waals surface area contributed by atoms with Crippen molar-refractivity contribution in [1.82, 2.24) is 15.0 Å². The van der Waals surface area contributed by atoms with E-state index in [-0.39, 0.29) is 0 Å². The summed E-state index contributed by atoms with van der Waals surface area (Å²) in [6.07, 6.45) is 1.08. The summed E-state index contributed by atoms with van der Waals surface area (Å²) in [6, 6.07) is 1.94. The molecule has 1 fully saturated rings. The van der Waals surface area contributed by atoms with Crippen molar-refractivity contribution in [2.75, 3.05) is 43.6 Å². The summed E-state index contributed by atoms with van der Waals surface area (Å²) in [5.74, 6) is 2.48. The van der Waals surface area contributed by atoms with Crippen molar-refractivity contribution in [2.45, 2.75) is 20.3 Å². The van der Waals surface area contributed by atoms with Crippen LogP contribution in [0.4, 0.5) is 11.6 Å². The SMILES string of the molecule is CCCNc1cc(NN2CCOCC2)nc(C)n1. The molecule has 0 atom stereocenters. The summed E-state index contributed by atoms with van der Waals surface area (Å²) in [4.78, 5) is 8.75. The van der Waals surface area contributed by atoms with Crippen LogP contribution in [0.2, 0.25) is 0 Å². The van der Waals surface area contributed by atoms with Crippen LogP contribution < -0.4 is 10.7 Å². The first-order chi connectivity index (χ1) is 8.78. The number of ether oxygens (including phenoxy) is 1. The molecule has 2 N–H and O–H groups in total. The number of nitrogens with one attached hydrogen (secondary N) is 2. The Morgan fingerprint density at radius 1 is 1.28 bits per heavy atom. The predicted octanol–water partition coefficient (Wildman–Crippen LogP) is 1.27. The lowest BCUT2D eigenvalue weighted by atomic mass is 10.4. The molecule has 0 aliphatic carbocycles. The fourth-order valence-corrected chi connectivity index (χ4v) is 1.81. The Hall–Kier alpha value is -1.40. The first kappa shape index (κ1) is 13.0. The van der Waals surface area contributed by atoms with Gasteiger partial charge in [0.05, 0.1) is 13.2 Å². The van der Waals surface area contributed by atoms with Crippen molar-refractivity contribution in [1.29, 1.82) is 0 Å². The molecule has 0 saturated carbocycles. The molecule has 0 radical (unpaired) electrons. The van der Waals surface area contributed by atoms with Gasteiger partial charge in [0, 0.05) is 25.7 Å². The van der Waals surface area contributed by atoms with Gasteiger partial charge in [-0.2, -0.15) is 0 Å². The molecule has 6 heteroatoms. The van der Waals surface area contributed by atoms with Gasteiger partial charge < -0.3 is 15.5 Å². The van der Waals surface area contributed by atoms with Gasteiger partial charge in [0.2, 0.25) is 0 Å². The van der Waals surface area contributed by atoms with E-state index in [9.17, 15) is 0 Å². The van der Waals surface area contributed by atoms with Crippen LogP contribution in [-0.2, 0) is 4.74 Å². The molecular formula is C12H21N5O. The second-order valence-electron chi connectivity index (χ2n) is 4.32. The Labute approximate surface area is 108 Å². The van der Waals surface area contributed by atoms with E-state index in [4.69, 9.17) is 4.74 Å². The maximum Gasteiger partial charge on any atom is 0.146 e. The average Bonchev–Trinajstić information content (AvgIpc) is 2.37. The Kier molecular flexibility index (Phi) is 4.72. The number of morpholine rings is 1. The van der Waals surface area contributed by atoms with Crippen LogP contribution in [0.1, 0.15) is 19.2 Å². The highest BCUT2D eigenvalue weighted by atomic mass is 16.5. The van der Waals surface area contributed by atoms with Crippen LogP contribution in [0.25, 0.3) is 0 Å². The molecule has 0 unspecified atom stereocenters. The Morgan fingerprint density at radius 2 is 2.00 bits per heavy atom. The van der Waals surface area contributed by atoms with Gasteiger partial charge in [0.1, 0.15) is 17.5 Å². The van der Waals surface area contributed by atoms with Gasteiger partial charge in [0.15, 0.2) is 0 Å². The van der Waals surface area contributed by atoms with E-state index in [1.807, 2.05) is 13.0 Å². The zero-order chi connectivity index (χ0) is 12.8. The van der Waals surface area contributed by atoms with E-state index >= 15 is 0 Å². The number of anilines is 2. The lowest BCUT2D eigenvalue weighted by Gasteiger charge is -2.27. The Balaban J connectivity index is 1.99. The molecule has 0 amide bonds.